The number of aromatic nitrogens is 3. The van der Waals surface area contributed by atoms with Gasteiger partial charge in [-0.1, -0.05) is 19.0 Å². The molecule has 2 aromatic heterocycles. The molecule has 0 aliphatic carbocycles. The minimum absolute atomic E-state index is 0.139. The summed E-state index contributed by atoms with van der Waals surface area (Å²) in [5, 5.41) is 15.8. The lowest BCUT2D eigenvalue weighted by atomic mass is 10.1. The molecule has 106 valence electrons. The maximum absolute atomic E-state index is 11.1. The first kappa shape index (κ1) is 14.0. The Balaban J connectivity index is 2.19. The molecule has 0 bridgehead atoms. The Labute approximate surface area is 116 Å². The summed E-state index contributed by atoms with van der Waals surface area (Å²) in [7, 11) is 0. The number of carboxylic acids is 1. The van der Waals surface area contributed by atoms with E-state index in [0.717, 1.165) is 0 Å². The maximum Gasteiger partial charge on any atom is 0.335 e. The van der Waals surface area contributed by atoms with E-state index >= 15 is 0 Å². The molecule has 0 saturated heterocycles. The molecule has 0 radical (unpaired) electrons. The molecule has 0 spiro atoms. The Morgan fingerprint density at radius 1 is 1.40 bits per heavy atom. The summed E-state index contributed by atoms with van der Waals surface area (Å²) >= 11 is 0. The first-order valence-corrected chi connectivity index (χ1v) is 6.24. The van der Waals surface area contributed by atoms with Crippen LogP contribution in [0.15, 0.2) is 16.7 Å². The zero-order chi connectivity index (χ0) is 14.7. The summed E-state index contributed by atoms with van der Waals surface area (Å²) < 4.78 is 4.97. The second-order valence-electron chi connectivity index (χ2n) is 4.71. The van der Waals surface area contributed by atoms with E-state index in [1.807, 2.05) is 13.8 Å². The van der Waals surface area contributed by atoms with Gasteiger partial charge >= 0.3 is 5.97 Å². The van der Waals surface area contributed by atoms with Crippen LogP contribution < -0.4 is 5.32 Å². The van der Waals surface area contributed by atoms with Crippen LogP contribution in [0.3, 0.4) is 0 Å². The third-order valence-corrected chi connectivity index (χ3v) is 2.67. The number of anilines is 1. The zero-order valence-electron chi connectivity index (χ0n) is 11.5. The second-order valence-corrected chi connectivity index (χ2v) is 4.71. The summed E-state index contributed by atoms with van der Waals surface area (Å²) in [6.07, 6.45) is 0. The Bertz CT molecular complexity index is 622. The van der Waals surface area contributed by atoms with Crippen molar-refractivity contribution in [3.63, 3.8) is 0 Å². The van der Waals surface area contributed by atoms with Crippen LogP contribution in [0, 0.1) is 6.92 Å². The molecule has 7 heteroatoms. The minimum Gasteiger partial charge on any atom is -0.478 e. The molecule has 0 aliphatic heterocycles. The normalized spacial score (nSPS) is 10.8. The van der Waals surface area contributed by atoms with Crippen molar-refractivity contribution in [2.45, 2.75) is 33.2 Å². The van der Waals surface area contributed by atoms with E-state index in [4.69, 9.17) is 9.63 Å². The van der Waals surface area contributed by atoms with Crippen molar-refractivity contribution in [2.75, 3.05) is 5.32 Å². The molecule has 0 amide bonds. The number of aromatic carboxylic acids is 1. The van der Waals surface area contributed by atoms with Crippen LogP contribution >= 0.6 is 0 Å². The van der Waals surface area contributed by atoms with Gasteiger partial charge in [-0.2, -0.15) is 4.98 Å². The van der Waals surface area contributed by atoms with E-state index in [1.54, 1.807) is 13.0 Å². The molecule has 0 aromatic carbocycles. The van der Waals surface area contributed by atoms with E-state index in [0.29, 0.717) is 29.8 Å². The Morgan fingerprint density at radius 2 is 2.15 bits per heavy atom. The number of carbonyl (C=O) groups is 1. The number of pyridine rings is 1. The molecule has 7 nitrogen and oxygen atoms in total. The van der Waals surface area contributed by atoms with Gasteiger partial charge in [-0.3, -0.25) is 0 Å². The van der Waals surface area contributed by atoms with Crippen LogP contribution in [0.1, 0.15) is 47.5 Å². The fourth-order valence-electron chi connectivity index (χ4n) is 1.64. The first-order valence-electron chi connectivity index (χ1n) is 6.24. The van der Waals surface area contributed by atoms with Gasteiger partial charge in [0.25, 0.3) is 0 Å². The average molecular weight is 276 g/mol. The van der Waals surface area contributed by atoms with Crippen molar-refractivity contribution in [1.82, 2.24) is 15.1 Å². The van der Waals surface area contributed by atoms with Crippen molar-refractivity contribution in [1.29, 1.82) is 0 Å². The molecular formula is C13H16N4O3. The molecule has 2 aromatic rings. The summed E-state index contributed by atoms with van der Waals surface area (Å²) in [6, 6.07) is 3.06. The monoisotopic (exact) mass is 276 g/mol. The number of rotatable bonds is 5. The second kappa shape index (κ2) is 5.68. The standard InChI is InChI=1S/C13H16N4O3/c1-7(2)10-4-9(13(18)19)5-11(16-10)14-6-12-15-8(3)17-20-12/h4-5,7H,6H2,1-3H3,(H,14,16)(H,18,19). The van der Waals surface area contributed by atoms with Crippen molar-refractivity contribution in [2.24, 2.45) is 0 Å². The lowest BCUT2D eigenvalue weighted by molar-refractivity contribution is 0.0696. The molecule has 0 unspecified atom stereocenters. The topological polar surface area (TPSA) is 101 Å². The van der Waals surface area contributed by atoms with Crippen LogP contribution in [-0.2, 0) is 6.54 Å². The molecule has 0 atom stereocenters. The van der Waals surface area contributed by atoms with Gasteiger partial charge in [0.15, 0.2) is 5.82 Å². The third kappa shape index (κ3) is 3.31. The first-order chi connectivity index (χ1) is 9.45. The molecule has 0 fully saturated rings. The molecule has 0 aliphatic rings. The van der Waals surface area contributed by atoms with Gasteiger partial charge in [-0.25, -0.2) is 9.78 Å². The summed E-state index contributed by atoms with van der Waals surface area (Å²) in [5.41, 5.74) is 0.919. The molecular weight excluding hydrogens is 260 g/mol. The van der Waals surface area contributed by atoms with Crippen LogP contribution in [0.25, 0.3) is 0 Å². The molecule has 0 saturated carbocycles. The predicted molar refractivity (Wildman–Crippen MR) is 71.6 cm³/mol. The van der Waals surface area contributed by atoms with Gasteiger partial charge in [-0.05, 0) is 25.0 Å². The van der Waals surface area contributed by atoms with E-state index in [1.165, 1.54) is 6.07 Å². The molecule has 2 rings (SSSR count). The quantitative estimate of drug-likeness (QED) is 0.863. The fourth-order valence-corrected chi connectivity index (χ4v) is 1.64. The Hall–Kier alpha value is -2.44. The van der Waals surface area contributed by atoms with E-state index in [-0.39, 0.29) is 11.5 Å². The number of carboxylic acid groups (broad SMARTS) is 1. The number of aryl methyl sites for hydroxylation is 1. The number of nitrogens with zero attached hydrogens (tertiary/aromatic N) is 3. The van der Waals surface area contributed by atoms with Crippen LogP contribution in [0.4, 0.5) is 5.82 Å². The molecule has 2 N–H and O–H groups in total. The molecule has 20 heavy (non-hydrogen) atoms. The van der Waals surface area contributed by atoms with Gasteiger partial charge in [0.2, 0.25) is 5.89 Å². The van der Waals surface area contributed by atoms with Crippen molar-refractivity contribution in [3.8, 4) is 0 Å². The Kier molecular flexibility index (Phi) is 3.97. The predicted octanol–water partition coefficient (Wildman–Crippen LogP) is 2.21. The number of hydrogen-bond donors (Lipinski definition) is 2. The third-order valence-electron chi connectivity index (χ3n) is 2.67. The number of hydrogen-bond acceptors (Lipinski definition) is 6. The zero-order valence-corrected chi connectivity index (χ0v) is 11.5. The van der Waals surface area contributed by atoms with Crippen LogP contribution in [-0.4, -0.2) is 26.2 Å². The van der Waals surface area contributed by atoms with Crippen molar-refractivity contribution in [3.05, 3.63) is 35.1 Å². The van der Waals surface area contributed by atoms with Crippen molar-refractivity contribution >= 4 is 11.8 Å². The maximum atomic E-state index is 11.1. The number of nitrogens with one attached hydrogen (secondary N) is 1. The van der Waals surface area contributed by atoms with Gasteiger partial charge < -0.3 is 14.9 Å². The van der Waals surface area contributed by atoms with Gasteiger partial charge in [0.05, 0.1) is 12.1 Å². The van der Waals surface area contributed by atoms with Gasteiger partial charge in [0.1, 0.15) is 5.82 Å². The SMILES string of the molecule is Cc1noc(CNc2cc(C(=O)O)cc(C(C)C)n2)n1. The highest BCUT2D eigenvalue weighted by Crippen LogP contribution is 2.18. The van der Waals surface area contributed by atoms with Crippen LogP contribution in [0.2, 0.25) is 0 Å². The van der Waals surface area contributed by atoms with E-state index in [9.17, 15) is 4.79 Å². The lowest BCUT2D eigenvalue weighted by Gasteiger charge is -2.10. The van der Waals surface area contributed by atoms with Gasteiger partial charge in [-0.15, -0.1) is 0 Å². The summed E-state index contributed by atoms with van der Waals surface area (Å²) in [6.45, 7) is 5.94. The smallest absolute Gasteiger partial charge is 0.335 e. The largest absolute Gasteiger partial charge is 0.478 e. The Morgan fingerprint density at radius 3 is 2.70 bits per heavy atom. The highest BCUT2D eigenvalue weighted by atomic mass is 16.5. The van der Waals surface area contributed by atoms with E-state index < -0.39 is 5.97 Å². The summed E-state index contributed by atoms with van der Waals surface area (Å²) in [4.78, 5) is 19.5. The van der Waals surface area contributed by atoms with Crippen molar-refractivity contribution < 1.29 is 14.4 Å². The average Bonchev–Trinajstić information content (AvgIpc) is 2.81. The fraction of sp³-hybridized carbons (Fsp3) is 0.385. The minimum atomic E-state index is -0.981. The lowest BCUT2D eigenvalue weighted by Crippen LogP contribution is -2.07. The van der Waals surface area contributed by atoms with Gasteiger partial charge in [0, 0.05) is 5.69 Å². The molecule has 2 heterocycles. The summed E-state index contributed by atoms with van der Waals surface area (Å²) in [5.74, 6) is 0.615. The van der Waals surface area contributed by atoms with E-state index in [2.05, 4.69) is 20.4 Å². The highest BCUT2D eigenvalue weighted by molar-refractivity contribution is 5.88. The highest BCUT2D eigenvalue weighted by Gasteiger charge is 2.11. The van der Waals surface area contributed by atoms with Crippen LogP contribution in [0.5, 0.6) is 0 Å².